The van der Waals surface area contributed by atoms with Crippen molar-refractivity contribution in [1.29, 1.82) is 0 Å². The van der Waals surface area contributed by atoms with Crippen LogP contribution in [0.1, 0.15) is 5.56 Å². The van der Waals surface area contributed by atoms with Crippen molar-refractivity contribution in [2.24, 2.45) is 0 Å². The zero-order valence-corrected chi connectivity index (χ0v) is 16.9. The number of nitro benzene ring substituents is 1. The Morgan fingerprint density at radius 1 is 1.17 bits per heavy atom. The van der Waals surface area contributed by atoms with E-state index in [-0.39, 0.29) is 18.0 Å². The molecule has 3 rings (SSSR count). The molecule has 1 heterocycles. The van der Waals surface area contributed by atoms with Crippen LogP contribution in [0.4, 0.5) is 11.4 Å². The zero-order valence-electron chi connectivity index (χ0n) is 16.0. The number of nitrogens with one attached hydrogen (secondary N) is 1. The molecular formula is C20H22N4O4S. The Morgan fingerprint density at radius 2 is 1.86 bits per heavy atom. The number of hydrogen-bond donors (Lipinski definition) is 1. The van der Waals surface area contributed by atoms with Crippen molar-refractivity contribution in [2.75, 3.05) is 38.2 Å². The van der Waals surface area contributed by atoms with Gasteiger partial charge in [0.05, 0.1) is 24.5 Å². The van der Waals surface area contributed by atoms with Gasteiger partial charge in [-0.15, -0.1) is 0 Å². The lowest BCUT2D eigenvalue weighted by molar-refractivity contribution is -0.384. The van der Waals surface area contributed by atoms with Crippen LogP contribution in [-0.4, -0.2) is 54.1 Å². The quantitative estimate of drug-likeness (QED) is 0.456. The molecule has 2 aromatic rings. The third-order valence-corrected chi connectivity index (χ3v) is 5.10. The Balaban J connectivity index is 1.57. The van der Waals surface area contributed by atoms with Crippen LogP contribution >= 0.6 is 12.2 Å². The molecule has 0 spiro atoms. The number of thiocarbonyl (C=S) groups is 1. The van der Waals surface area contributed by atoms with Gasteiger partial charge in [-0.1, -0.05) is 30.3 Å². The molecule has 0 saturated carbocycles. The summed E-state index contributed by atoms with van der Waals surface area (Å²) in [6.07, 6.45) is 0.263. The molecule has 152 valence electrons. The van der Waals surface area contributed by atoms with Gasteiger partial charge in [-0.2, -0.15) is 0 Å². The minimum Gasteiger partial charge on any atom is -0.496 e. The molecule has 2 aromatic carbocycles. The standard InChI is InChI=1S/C20H22N4O4S/c1-28-16-7-8-17(18(14-16)24(26)27)22-9-11-23(12-10-22)20(29)21-19(25)13-15-5-3-2-4-6-15/h2-8,14H,9-13H2,1H3,(H,21,25,29). The van der Waals surface area contributed by atoms with E-state index in [1.165, 1.54) is 13.2 Å². The maximum atomic E-state index is 12.2. The first-order valence-electron chi connectivity index (χ1n) is 9.18. The molecular weight excluding hydrogens is 392 g/mol. The summed E-state index contributed by atoms with van der Waals surface area (Å²) in [5.74, 6) is 0.288. The lowest BCUT2D eigenvalue weighted by Crippen LogP contribution is -2.53. The molecule has 1 aliphatic rings. The van der Waals surface area contributed by atoms with Gasteiger partial charge in [0, 0.05) is 26.2 Å². The Kier molecular flexibility index (Phi) is 6.61. The number of carbonyl (C=O) groups excluding carboxylic acids is 1. The molecule has 1 aliphatic heterocycles. The Hall–Kier alpha value is -3.20. The van der Waals surface area contributed by atoms with Crippen LogP contribution in [0.15, 0.2) is 48.5 Å². The second-order valence-electron chi connectivity index (χ2n) is 6.60. The zero-order chi connectivity index (χ0) is 20.8. The van der Waals surface area contributed by atoms with Gasteiger partial charge >= 0.3 is 0 Å². The number of amides is 1. The van der Waals surface area contributed by atoms with E-state index in [1.54, 1.807) is 12.1 Å². The lowest BCUT2D eigenvalue weighted by Gasteiger charge is -2.37. The predicted octanol–water partition coefficient (Wildman–Crippen LogP) is 2.37. The van der Waals surface area contributed by atoms with Crippen LogP contribution in [0.3, 0.4) is 0 Å². The molecule has 0 aromatic heterocycles. The fourth-order valence-electron chi connectivity index (χ4n) is 3.22. The summed E-state index contributed by atoms with van der Waals surface area (Å²) >= 11 is 5.37. The normalized spacial score (nSPS) is 13.7. The number of anilines is 1. The average molecular weight is 414 g/mol. The van der Waals surface area contributed by atoms with Crippen molar-refractivity contribution in [3.63, 3.8) is 0 Å². The van der Waals surface area contributed by atoms with E-state index < -0.39 is 4.92 Å². The molecule has 0 unspecified atom stereocenters. The highest BCUT2D eigenvalue weighted by atomic mass is 32.1. The molecule has 1 N–H and O–H groups in total. The number of benzene rings is 2. The van der Waals surface area contributed by atoms with Gasteiger partial charge in [0.1, 0.15) is 11.4 Å². The van der Waals surface area contributed by atoms with Gasteiger partial charge < -0.3 is 19.9 Å². The van der Waals surface area contributed by atoms with Crippen molar-refractivity contribution in [1.82, 2.24) is 10.2 Å². The second-order valence-corrected chi connectivity index (χ2v) is 6.99. The van der Waals surface area contributed by atoms with Gasteiger partial charge in [-0.05, 0) is 29.9 Å². The molecule has 0 aliphatic carbocycles. The van der Waals surface area contributed by atoms with Crippen LogP contribution < -0.4 is 15.0 Å². The number of methoxy groups -OCH3 is 1. The monoisotopic (exact) mass is 414 g/mol. The molecule has 0 radical (unpaired) electrons. The first-order chi connectivity index (χ1) is 14.0. The number of ether oxygens (including phenoxy) is 1. The van der Waals surface area contributed by atoms with Crippen LogP contribution in [0, 0.1) is 10.1 Å². The van der Waals surface area contributed by atoms with Crippen molar-refractivity contribution in [3.05, 3.63) is 64.2 Å². The molecule has 9 heteroatoms. The second kappa shape index (κ2) is 9.33. The minimum atomic E-state index is -0.404. The Labute approximate surface area is 174 Å². The van der Waals surface area contributed by atoms with E-state index >= 15 is 0 Å². The number of nitro groups is 1. The number of rotatable bonds is 5. The van der Waals surface area contributed by atoms with Crippen LogP contribution in [0.25, 0.3) is 0 Å². The summed E-state index contributed by atoms with van der Waals surface area (Å²) < 4.78 is 5.09. The maximum absolute atomic E-state index is 12.2. The maximum Gasteiger partial charge on any atom is 0.296 e. The van der Waals surface area contributed by atoms with Crippen molar-refractivity contribution < 1.29 is 14.5 Å². The fraction of sp³-hybridized carbons (Fsp3) is 0.300. The highest BCUT2D eigenvalue weighted by Crippen LogP contribution is 2.32. The highest BCUT2D eigenvalue weighted by molar-refractivity contribution is 7.80. The summed E-state index contributed by atoms with van der Waals surface area (Å²) in [6, 6.07) is 14.3. The third-order valence-electron chi connectivity index (χ3n) is 4.74. The lowest BCUT2D eigenvalue weighted by atomic mass is 10.1. The Morgan fingerprint density at radius 3 is 2.48 bits per heavy atom. The number of nitrogens with zero attached hydrogens (tertiary/aromatic N) is 3. The summed E-state index contributed by atoms with van der Waals surface area (Å²) in [4.78, 5) is 27.1. The van der Waals surface area contributed by atoms with Gasteiger partial charge in [-0.3, -0.25) is 14.9 Å². The van der Waals surface area contributed by atoms with E-state index in [4.69, 9.17) is 17.0 Å². The number of hydrogen-bond acceptors (Lipinski definition) is 6. The topological polar surface area (TPSA) is 88.0 Å². The van der Waals surface area contributed by atoms with Gasteiger partial charge in [0.2, 0.25) is 5.91 Å². The van der Waals surface area contributed by atoms with Gasteiger partial charge in [0.15, 0.2) is 5.11 Å². The smallest absolute Gasteiger partial charge is 0.296 e. The van der Waals surface area contributed by atoms with Crippen molar-refractivity contribution >= 4 is 34.6 Å². The van der Waals surface area contributed by atoms with E-state index in [2.05, 4.69) is 5.32 Å². The molecule has 1 saturated heterocycles. The molecule has 1 fully saturated rings. The predicted molar refractivity (Wildman–Crippen MR) is 114 cm³/mol. The van der Waals surface area contributed by atoms with Crippen molar-refractivity contribution in [2.45, 2.75) is 6.42 Å². The van der Waals surface area contributed by atoms with Gasteiger partial charge in [0.25, 0.3) is 5.69 Å². The molecule has 8 nitrogen and oxygen atoms in total. The van der Waals surface area contributed by atoms with E-state index in [0.717, 1.165) is 5.56 Å². The summed E-state index contributed by atoms with van der Waals surface area (Å²) in [6.45, 7) is 2.24. The minimum absolute atomic E-state index is 0.0107. The fourth-order valence-corrected chi connectivity index (χ4v) is 3.51. The highest BCUT2D eigenvalue weighted by Gasteiger charge is 2.25. The SMILES string of the molecule is COc1ccc(N2CCN(C(=S)NC(=O)Cc3ccccc3)CC2)c([N+](=O)[O-])c1. The molecule has 0 bridgehead atoms. The number of piperazine rings is 1. The summed E-state index contributed by atoms with van der Waals surface area (Å²) in [5, 5.41) is 14.6. The van der Waals surface area contributed by atoms with Crippen molar-refractivity contribution in [3.8, 4) is 5.75 Å². The molecule has 1 amide bonds. The third kappa shape index (κ3) is 5.20. The average Bonchev–Trinajstić information content (AvgIpc) is 2.74. The number of carbonyl (C=O) groups is 1. The first-order valence-corrected chi connectivity index (χ1v) is 9.59. The van der Waals surface area contributed by atoms with Crippen LogP contribution in [-0.2, 0) is 11.2 Å². The summed E-state index contributed by atoms with van der Waals surface area (Å²) in [7, 11) is 1.48. The van der Waals surface area contributed by atoms with Crippen LogP contribution in [0.5, 0.6) is 5.75 Å². The summed E-state index contributed by atoms with van der Waals surface area (Å²) in [5.41, 5.74) is 1.48. The van der Waals surface area contributed by atoms with E-state index in [0.29, 0.717) is 42.7 Å². The Bertz CT molecular complexity index is 899. The van der Waals surface area contributed by atoms with Crippen LogP contribution in [0.2, 0.25) is 0 Å². The van der Waals surface area contributed by atoms with E-state index in [9.17, 15) is 14.9 Å². The van der Waals surface area contributed by atoms with E-state index in [1.807, 2.05) is 40.1 Å². The molecule has 0 atom stereocenters. The largest absolute Gasteiger partial charge is 0.496 e. The first kappa shape index (κ1) is 20.5. The van der Waals surface area contributed by atoms with Gasteiger partial charge in [-0.25, -0.2) is 0 Å². The molecule has 29 heavy (non-hydrogen) atoms.